The van der Waals surface area contributed by atoms with Gasteiger partial charge >= 0.3 is 0 Å². The van der Waals surface area contributed by atoms with Gasteiger partial charge in [0.1, 0.15) is 17.3 Å². The van der Waals surface area contributed by atoms with Gasteiger partial charge in [-0.1, -0.05) is 30.3 Å². The first-order chi connectivity index (χ1) is 13.7. The smallest absolute Gasteiger partial charge is 0.222 e. The van der Waals surface area contributed by atoms with Gasteiger partial charge in [-0.05, 0) is 18.4 Å². The highest BCUT2D eigenvalue weighted by Crippen LogP contribution is 2.39. The Labute approximate surface area is 168 Å². The van der Waals surface area contributed by atoms with Crippen LogP contribution in [0.25, 0.3) is 21.3 Å². The number of benzene rings is 1. The third-order valence-corrected chi connectivity index (χ3v) is 6.10. The molecule has 0 radical (unpaired) electrons. The number of nitrogens with one attached hydrogen (secondary N) is 1. The molecule has 1 aliphatic rings. The molecule has 0 aliphatic carbocycles. The fourth-order valence-electron chi connectivity index (χ4n) is 3.78. The van der Waals surface area contributed by atoms with Crippen LogP contribution >= 0.6 is 11.3 Å². The van der Waals surface area contributed by atoms with Crippen molar-refractivity contribution in [2.24, 2.45) is 5.92 Å². The summed E-state index contributed by atoms with van der Waals surface area (Å²) < 4.78 is 5.28. The molecule has 0 unspecified atom stereocenters. The first kappa shape index (κ1) is 18.8. The van der Waals surface area contributed by atoms with E-state index in [2.05, 4.69) is 27.7 Å². The molecule has 1 aliphatic heterocycles. The summed E-state index contributed by atoms with van der Waals surface area (Å²) in [5.41, 5.74) is 2.33. The molecule has 0 atom stereocenters. The zero-order valence-corrected chi connectivity index (χ0v) is 17.0. The van der Waals surface area contributed by atoms with Crippen LogP contribution in [0.3, 0.4) is 0 Å². The highest BCUT2D eigenvalue weighted by atomic mass is 32.1. The maximum Gasteiger partial charge on any atom is 0.222 e. The number of carbonyl (C=O) groups is 1. The maximum absolute atomic E-state index is 12.0. The second-order valence-electron chi connectivity index (χ2n) is 6.97. The van der Waals surface area contributed by atoms with Gasteiger partial charge < -0.3 is 15.0 Å². The Morgan fingerprint density at radius 2 is 2.00 bits per heavy atom. The van der Waals surface area contributed by atoms with Crippen LogP contribution in [0.4, 0.5) is 5.82 Å². The van der Waals surface area contributed by atoms with Crippen molar-refractivity contribution in [3.8, 4) is 11.1 Å². The van der Waals surface area contributed by atoms with Gasteiger partial charge in [-0.25, -0.2) is 9.97 Å². The molecule has 0 bridgehead atoms. The molecule has 4 rings (SSSR count). The lowest BCUT2D eigenvalue weighted by atomic mass is 9.95. The first-order valence-electron chi connectivity index (χ1n) is 9.50. The van der Waals surface area contributed by atoms with E-state index in [1.54, 1.807) is 25.5 Å². The van der Waals surface area contributed by atoms with Gasteiger partial charge in [0.2, 0.25) is 5.91 Å². The van der Waals surface area contributed by atoms with E-state index in [0.29, 0.717) is 12.4 Å². The second-order valence-corrected chi connectivity index (χ2v) is 7.83. The topological polar surface area (TPSA) is 67.4 Å². The van der Waals surface area contributed by atoms with Gasteiger partial charge in [0, 0.05) is 44.1 Å². The van der Waals surface area contributed by atoms with Crippen molar-refractivity contribution in [2.45, 2.75) is 19.4 Å². The Morgan fingerprint density at radius 1 is 1.25 bits per heavy atom. The minimum absolute atomic E-state index is 0.0769. The van der Waals surface area contributed by atoms with E-state index in [4.69, 9.17) is 14.7 Å². The van der Waals surface area contributed by atoms with Crippen LogP contribution in [0.15, 0.2) is 35.7 Å². The zero-order chi connectivity index (χ0) is 19.5. The quantitative estimate of drug-likeness (QED) is 0.715. The third kappa shape index (κ3) is 3.59. The molecule has 146 valence electrons. The SMILES string of the molecule is CNC(=O)C1CCN(c2nc(COC)nc3scc(-c4ccccc4)c23)CC1. The number of piperidine rings is 1. The summed E-state index contributed by atoms with van der Waals surface area (Å²) in [6.07, 6.45) is 1.66. The number of carbonyl (C=O) groups excluding carboxylic acids is 1. The third-order valence-electron chi connectivity index (χ3n) is 5.23. The molecule has 7 heteroatoms. The minimum atomic E-state index is 0.0769. The normalized spacial score (nSPS) is 15.1. The van der Waals surface area contributed by atoms with Gasteiger partial charge in [-0.2, -0.15) is 0 Å². The number of amides is 1. The fraction of sp³-hybridized carbons (Fsp3) is 0.381. The van der Waals surface area contributed by atoms with E-state index in [1.807, 2.05) is 18.2 Å². The van der Waals surface area contributed by atoms with Crippen LogP contribution < -0.4 is 10.2 Å². The first-order valence-corrected chi connectivity index (χ1v) is 10.4. The fourth-order valence-corrected chi connectivity index (χ4v) is 4.74. The molecule has 2 aromatic heterocycles. The predicted molar refractivity (Wildman–Crippen MR) is 113 cm³/mol. The molecule has 0 spiro atoms. The van der Waals surface area contributed by atoms with E-state index in [0.717, 1.165) is 47.5 Å². The Balaban J connectivity index is 1.75. The molecular weight excluding hydrogens is 372 g/mol. The minimum Gasteiger partial charge on any atom is -0.377 e. The van der Waals surface area contributed by atoms with Crippen molar-refractivity contribution in [1.82, 2.24) is 15.3 Å². The Kier molecular flexibility index (Phi) is 5.54. The van der Waals surface area contributed by atoms with Gasteiger partial charge in [-0.15, -0.1) is 11.3 Å². The number of hydrogen-bond acceptors (Lipinski definition) is 6. The molecule has 6 nitrogen and oxygen atoms in total. The van der Waals surface area contributed by atoms with Gasteiger partial charge in [0.25, 0.3) is 0 Å². The van der Waals surface area contributed by atoms with E-state index < -0.39 is 0 Å². The van der Waals surface area contributed by atoms with Crippen molar-refractivity contribution in [3.63, 3.8) is 0 Å². The van der Waals surface area contributed by atoms with Crippen LogP contribution in [-0.4, -0.2) is 43.1 Å². The predicted octanol–water partition coefficient (Wildman–Crippen LogP) is 3.47. The second kappa shape index (κ2) is 8.24. The zero-order valence-electron chi connectivity index (χ0n) is 16.1. The van der Waals surface area contributed by atoms with Gasteiger partial charge in [-0.3, -0.25) is 4.79 Å². The Morgan fingerprint density at radius 3 is 2.68 bits per heavy atom. The summed E-state index contributed by atoms with van der Waals surface area (Å²) in [4.78, 5) is 24.8. The van der Waals surface area contributed by atoms with E-state index in [9.17, 15) is 4.79 Å². The molecular formula is C21H24N4O2S. The van der Waals surface area contributed by atoms with Crippen molar-refractivity contribution >= 4 is 33.3 Å². The van der Waals surface area contributed by atoms with E-state index in [-0.39, 0.29) is 11.8 Å². The van der Waals surface area contributed by atoms with Crippen molar-refractivity contribution in [2.75, 3.05) is 32.1 Å². The van der Waals surface area contributed by atoms with E-state index in [1.165, 1.54) is 5.56 Å². The number of thiophene rings is 1. The summed E-state index contributed by atoms with van der Waals surface area (Å²) in [6, 6.07) is 10.4. The van der Waals surface area contributed by atoms with Crippen molar-refractivity contribution in [3.05, 3.63) is 41.5 Å². The van der Waals surface area contributed by atoms with Crippen molar-refractivity contribution < 1.29 is 9.53 Å². The summed E-state index contributed by atoms with van der Waals surface area (Å²) in [7, 11) is 3.36. The lowest BCUT2D eigenvalue weighted by molar-refractivity contribution is -0.125. The lowest BCUT2D eigenvalue weighted by Gasteiger charge is -2.32. The number of aromatic nitrogens is 2. The summed E-state index contributed by atoms with van der Waals surface area (Å²) in [5, 5.41) is 6.02. The van der Waals surface area contributed by atoms with Gasteiger partial charge in [0.05, 0.1) is 5.39 Å². The highest BCUT2D eigenvalue weighted by molar-refractivity contribution is 7.17. The lowest BCUT2D eigenvalue weighted by Crippen LogP contribution is -2.40. The molecule has 1 saturated heterocycles. The summed E-state index contributed by atoms with van der Waals surface area (Å²) in [5.74, 6) is 1.86. The summed E-state index contributed by atoms with van der Waals surface area (Å²) >= 11 is 1.64. The largest absolute Gasteiger partial charge is 0.377 e. The maximum atomic E-state index is 12.0. The van der Waals surface area contributed by atoms with Crippen LogP contribution in [0, 0.1) is 5.92 Å². The molecule has 1 N–H and O–H groups in total. The standard InChI is InChI=1S/C21H24N4O2S/c1-22-20(26)15-8-10-25(11-9-15)19-18-16(14-6-4-3-5-7-14)13-28-21(18)24-17(23-19)12-27-2/h3-7,13,15H,8-12H2,1-2H3,(H,22,26). The number of ether oxygens (including phenoxy) is 1. The van der Waals surface area contributed by atoms with Crippen LogP contribution in [0.2, 0.25) is 0 Å². The monoisotopic (exact) mass is 396 g/mol. The molecule has 0 saturated carbocycles. The van der Waals surface area contributed by atoms with Crippen molar-refractivity contribution in [1.29, 1.82) is 0 Å². The molecule has 28 heavy (non-hydrogen) atoms. The molecule has 1 amide bonds. The van der Waals surface area contributed by atoms with Crippen LogP contribution in [-0.2, 0) is 16.1 Å². The number of nitrogens with zero attached hydrogens (tertiary/aromatic N) is 3. The number of rotatable bonds is 5. The van der Waals surface area contributed by atoms with E-state index >= 15 is 0 Å². The summed E-state index contributed by atoms with van der Waals surface area (Å²) in [6.45, 7) is 2.00. The molecule has 1 fully saturated rings. The van der Waals surface area contributed by atoms with Crippen LogP contribution in [0.5, 0.6) is 0 Å². The van der Waals surface area contributed by atoms with Gasteiger partial charge in [0.15, 0.2) is 5.82 Å². The molecule has 3 aromatic rings. The number of methoxy groups -OCH3 is 1. The highest BCUT2D eigenvalue weighted by Gasteiger charge is 2.27. The Hall–Kier alpha value is -2.51. The molecule has 3 heterocycles. The molecule has 1 aromatic carbocycles. The average molecular weight is 397 g/mol. The number of anilines is 1. The number of fused-ring (bicyclic) bond motifs is 1. The Bertz CT molecular complexity index is 965. The number of hydrogen-bond donors (Lipinski definition) is 1. The van der Waals surface area contributed by atoms with Crippen LogP contribution in [0.1, 0.15) is 18.7 Å². The average Bonchev–Trinajstić information content (AvgIpc) is 3.17.